The zero-order valence-corrected chi connectivity index (χ0v) is 11.0. The lowest BCUT2D eigenvalue weighted by Crippen LogP contribution is -2.44. The maximum Gasteiger partial charge on any atom is 0.136 e. The van der Waals surface area contributed by atoms with Crippen molar-refractivity contribution >= 4 is 16.6 Å². The highest BCUT2D eigenvalue weighted by atomic mass is 16.5. The molecule has 100 valence electrons. The first-order chi connectivity index (χ1) is 9.31. The topological polar surface area (TPSA) is 45.6 Å². The number of fused-ring (bicyclic) bond motifs is 1. The normalized spacial score (nSPS) is 19.9. The lowest BCUT2D eigenvalue weighted by Gasteiger charge is -2.35. The predicted octanol–water partition coefficient (Wildman–Crippen LogP) is 1.95. The van der Waals surface area contributed by atoms with Crippen LogP contribution in [0.5, 0.6) is 0 Å². The molecule has 1 fully saturated rings. The third kappa shape index (κ3) is 2.17. The highest BCUT2D eigenvalue weighted by molar-refractivity contribution is 5.94. The van der Waals surface area contributed by atoms with E-state index >= 15 is 0 Å². The third-order valence-electron chi connectivity index (χ3n) is 3.67. The van der Waals surface area contributed by atoms with Gasteiger partial charge in [0.05, 0.1) is 25.9 Å². The Labute approximate surface area is 112 Å². The van der Waals surface area contributed by atoms with Gasteiger partial charge in [-0.2, -0.15) is 0 Å². The van der Waals surface area contributed by atoms with Gasteiger partial charge < -0.3 is 14.7 Å². The summed E-state index contributed by atoms with van der Waals surface area (Å²) in [6, 6.07) is 8.44. The Kier molecular flexibility index (Phi) is 3.36. The number of nitrogens with zero attached hydrogens (tertiary/aromatic N) is 2. The molecule has 1 atom stereocenters. The van der Waals surface area contributed by atoms with Crippen molar-refractivity contribution in [3.8, 4) is 0 Å². The maximum atomic E-state index is 9.42. The Morgan fingerprint density at radius 3 is 2.89 bits per heavy atom. The number of morpholine rings is 1. The fraction of sp³-hybridized carbons (Fsp3) is 0.400. The van der Waals surface area contributed by atoms with E-state index in [4.69, 9.17) is 4.74 Å². The quantitative estimate of drug-likeness (QED) is 0.894. The van der Waals surface area contributed by atoms with Crippen molar-refractivity contribution in [1.29, 1.82) is 0 Å². The summed E-state index contributed by atoms with van der Waals surface area (Å²) < 4.78 is 5.48. The molecule has 1 aliphatic rings. The number of aliphatic hydroxyl groups is 1. The largest absolute Gasteiger partial charge is 0.392 e. The van der Waals surface area contributed by atoms with Crippen LogP contribution in [0.25, 0.3) is 10.8 Å². The van der Waals surface area contributed by atoms with E-state index in [2.05, 4.69) is 22.9 Å². The van der Waals surface area contributed by atoms with E-state index in [0.717, 1.165) is 41.9 Å². The Morgan fingerprint density at radius 2 is 2.16 bits per heavy atom. The average molecular weight is 258 g/mol. The summed E-state index contributed by atoms with van der Waals surface area (Å²) in [5, 5.41) is 11.6. The van der Waals surface area contributed by atoms with Crippen LogP contribution >= 0.6 is 0 Å². The van der Waals surface area contributed by atoms with E-state index in [1.165, 1.54) is 0 Å². The summed E-state index contributed by atoms with van der Waals surface area (Å²) in [6.45, 7) is 4.50. The minimum atomic E-state index is 0.0203. The molecule has 1 saturated heterocycles. The van der Waals surface area contributed by atoms with Crippen LogP contribution in [0, 0.1) is 0 Å². The summed E-state index contributed by atoms with van der Waals surface area (Å²) >= 11 is 0. The van der Waals surface area contributed by atoms with Gasteiger partial charge in [0, 0.05) is 23.7 Å². The summed E-state index contributed by atoms with van der Waals surface area (Å²) in [7, 11) is 0. The maximum absolute atomic E-state index is 9.42. The van der Waals surface area contributed by atoms with Crippen LogP contribution in [0.3, 0.4) is 0 Å². The number of rotatable bonds is 2. The van der Waals surface area contributed by atoms with Gasteiger partial charge in [-0.15, -0.1) is 0 Å². The molecule has 0 bridgehead atoms. The first-order valence-corrected chi connectivity index (χ1v) is 6.63. The summed E-state index contributed by atoms with van der Waals surface area (Å²) in [4.78, 5) is 6.85. The van der Waals surface area contributed by atoms with Crippen molar-refractivity contribution in [3.05, 3.63) is 36.0 Å². The van der Waals surface area contributed by atoms with Gasteiger partial charge in [-0.1, -0.05) is 24.3 Å². The highest BCUT2D eigenvalue weighted by Gasteiger charge is 2.22. The van der Waals surface area contributed by atoms with Gasteiger partial charge in [0.2, 0.25) is 0 Å². The number of hydrogen-bond donors (Lipinski definition) is 1. The van der Waals surface area contributed by atoms with E-state index in [-0.39, 0.29) is 6.61 Å². The number of ether oxygens (including phenoxy) is 1. The summed E-state index contributed by atoms with van der Waals surface area (Å²) in [6.07, 6.45) is 1.78. The van der Waals surface area contributed by atoms with E-state index < -0.39 is 0 Å². The molecule has 3 rings (SSSR count). The second kappa shape index (κ2) is 5.15. The van der Waals surface area contributed by atoms with Gasteiger partial charge in [-0.05, 0) is 12.3 Å². The number of aliphatic hydroxyl groups excluding tert-OH is 1. The van der Waals surface area contributed by atoms with E-state index in [1.54, 1.807) is 6.20 Å². The van der Waals surface area contributed by atoms with Crippen LogP contribution in [0.15, 0.2) is 30.5 Å². The Hall–Kier alpha value is -1.65. The number of anilines is 1. The third-order valence-corrected chi connectivity index (χ3v) is 3.67. The molecule has 2 aromatic rings. The van der Waals surface area contributed by atoms with Gasteiger partial charge >= 0.3 is 0 Å². The van der Waals surface area contributed by atoms with E-state index in [1.807, 2.05) is 18.2 Å². The highest BCUT2D eigenvalue weighted by Crippen LogP contribution is 2.29. The van der Waals surface area contributed by atoms with Crippen LogP contribution in [0.4, 0.5) is 5.82 Å². The second-order valence-corrected chi connectivity index (χ2v) is 4.93. The molecule has 0 spiro atoms. The SMILES string of the molecule is CC1COCCN1c1ncc(CO)c2ccccc12. The lowest BCUT2D eigenvalue weighted by molar-refractivity contribution is 0.0987. The van der Waals surface area contributed by atoms with Crippen LogP contribution in [-0.2, 0) is 11.3 Å². The zero-order valence-electron chi connectivity index (χ0n) is 11.0. The van der Waals surface area contributed by atoms with E-state index in [9.17, 15) is 5.11 Å². The van der Waals surface area contributed by atoms with Gasteiger partial charge in [-0.3, -0.25) is 0 Å². The number of benzene rings is 1. The van der Waals surface area contributed by atoms with Crippen molar-refractivity contribution in [2.24, 2.45) is 0 Å². The second-order valence-electron chi connectivity index (χ2n) is 4.93. The van der Waals surface area contributed by atoms with Crippen LogP contribution in [-0.4, -0.2) is 35.9 Å². The molecule has 4 heteroatoms. The van der Waals surface area contributed by atoms with Gasteiger partial charge in [0.1, 0.15) is 5.82 Å². The molecule has 0 aliphatic carbocycles. The molecule has 1 unspecified atom stereocenters. The Balaban J connectivity index is 2.13. The fourth-order valence-corrected chi connectivity index (χ4v) is 2.63. The molecule has 1 N–H and O–H groups in total. The first-order valence-electron chi connectivity index (χ1n) is 6.63. The van der Waals surface area contributed by atoms with Crippen LogP contribution in [0.2, 0.25) is 0 Å². The van der Waals surface area contributed by atoms with E-state index in [0.29, 0.717) is 6.04 Å². The lowest BCUT2D eigenvalue weighted by atomic mass is 10.1. The smallest absolute Gasteiger partial charge is 0.136 e. The van der Waals surface area contributed by atoms with Crippen molar-refractivity contribution < 1.29 is 9.84 Å². The number of pyridine rings is 1. The monoisotopic (exact) mass is 258 g/mol. The standard InChI is InChI=1S/C15H18N2O2/c1-11-10-19-7-6-17(11)15-14-5-3-2-4-13(14)12(9-18)8-16-15/h2-5,8,11,18H,6-7,9-10H2,1H3. The zero-order chi connectivity index (χ0) is 13.2. The van der Waals surface area contributed by atoms with Crippen molar-refractivity contribution in [2.45, 2.75) is 19.6 Å². The molecule has 1 aliphatic heterocycles. The molecule has 0 amide bonds. The van der Waals surface area contributed by atoms with Gasteiger partial charge in [-0.25, -0.2) is 4.98 Å². The minimum absolute atomic E-state index is 0.0203. The molecule has 1 aromatic heterocycles. The molecule has 1 aromatic carbocycles. The predicted molar refractivity (Wildman–Crippen MR) is 75.3 cm³/mol. The number of hydrogen-bond acceptors (Lipinski definition) is 4. The average Bonchev–Trinajstić information content (AvgIpc) is 2.47. The minimum Gasteiger partial charge on any atom is -0.392 e. The fourth-order valence-electron chi connectivity index (χ4n) is 2.63. The molecule has 4 nitrogen and oxygen atoms in total. The molecule has 2 heterocycles. The van der Waals surface area contributed by atoms with Gasteiger partial charge in [0.25, 0.3) is 0 Å². The molecular formula is C15H18N2O2. The molecule has 19 heavy (non-hydrogen) atoms. The van der Waals surface area contributed by atoms with Crippen molar-refractivity contribution in [2.75, 3.05) is 24.7 Å². The van der Waals surface area contributed by atoms with Crippen LogP contribution < -0.4 is 4.90 Å². The van der Waals surface area contributed by atoms with Crippen molar-refractivity contribution in [1.82, 2.24) is 4.98 Å². The van der Waals surface area contributed by atoms with Crippen LogP contribution in [0.1, 0.15) is 12.5 Å². The number of aromatic nitrogens is 1. The molecule has 0 saturated carbocycles. The molecular weight excluding hydrogens is 240 g/mol. The summed E-state index contributed by atoms with van der Waals surface area (Å²) in [5.41, 5.74) is 0.875. The first kappa shape index (κ1) is 12.4. The molecule has 0 radical (unpaired) electrons. The van der Waals surface area contributed by atoms with Crippen molar-refractivity contribution in [3.63, 3.8) is 0 Å². The Morgan fingerprint density at radius 1 is 1.37 bits per heavy atom. The van der Waals surface area contributed by atoms with Gasteiger partial charge in [0.15, 0.2) is 0 Å². The Bertz CT molecular complexity index is 585. The summed E-state index contributed by atoms with van der Waals surface area (Å²) in [5.74, 6) is 0.989.